The molecule has 3 N–H and O–H groups in total. The van der Waals surface area contributed by atoms with Gasteiger partial charge in [-0.3, -0.25) is 9.89 Å². The summed E-state index contributed by atoms with van der Waals surface area (Å²) < 4.78 is 6.49. The highest BCUT2D eigenvalue weighted by Crippen LogP contribution is 2.21. The number of hydrogen-bond acceptors (Lipinski definition) is 4. The molecule has 2 rings (SSSR count). The molecule has 1 fully saturated rings. The number of nitrogens with two attached hydrogens (primary N) is 1. The van der Waals surface area contributed by atoms with Crippen molar-refractivity contribution < 1.29 is 4.74 Å². The van der Waals surface area contributed by atoms with Crippen molar-refractivity contribution in [3.8, 4) is 0 Å². The number of rotatable bonds is 7. The van der Waals surface area contributed by atoms with Crippen molar-refractivity contribution in [2.45, 2.75) is 12.8 Å². The maximum atomic E-state index is 5.86. The van der Waals surface area contributed by atoms with Gasteiger partial charge in [0.25, 0.3) is 0 Å². The van der Waals surface area contributed by atoms with Crippen LogP contribution in [0.15, 0.2) is 20.9 Å². The van der Waals surface area contributed by atoms with Gasteiger partial charge in [0.05, 0.1) is 17.0 Å². The monoisotopic (exact) mass is 374 g/mol. The first-order valence-corrected chi connectivity index (χ1v) is 8.93. The van der Waals surface area contributed by atoms with Gasteiger partial charge in [0, 0.05) is 37.6 Å². The molecule has 1 aromatic rings. The van der Waals surface area contributed by atoms with Gasteiger partial charge in [0.2, 0.25) is 0 Å². The van der Waals surface area contributed by atoms with Crippen molar-refractivity contribution in [1.82, 2.24) is 10.2 Å². The molecular weight excluding hydrogens is 352 g/mol. The largest absolute Gasteiger partial charge is 0.379 e. The molecular formula is C14H23BrN4OS. The van der Waals surface area contributed by atoms with Gasteiger partial charge in [-0.05, 0) is 40.9 Å². The molecule has 0 bridgehead atoms. The minimum atomic E-state index is 0.549. The minimum absolute atomic E-state index is 0.549. The van der Waals surface area contributed by atoms with Crippen LogP contribution in [0.2, 0.25) is 0 Å². The zero-order valence-corrected chi connectivity index (χ0v) is 14.6. The molecule has 1 saturated heterocycles. The highest BCUT2D eigenvalue weighted by molar-refractivity contribution is 9.11. The van der Waals surface area contributed by atoms with Crippen LogP contribution in [0, 0.1) is 0 Å². The SMILES string of the molecule is NC(=NCCCN1CCOCC1)NCCc1ccc(Br)s1. The summed E-state index contributed by atoms with van der Waals surface area (Å²) in [4.78, 5) is 8.12. The summed E-state index contributed by atoms with van der Waals surface area (Å²) in [6.07, 6.45) is 2.01. The standard InChI is InChI=1S/C14H23BrN4OS/c15-13-3-2-12(21-13)4-6-18-14(16)17-5-1-7-19-8-10-20-11-9-19/h2-3H,1,4-11H2,(H3,16,17,18). The molecule has 0 amide bonds. The number of halogens is 1. The number of guanidine groups is 1. The summed E-state index contributed by atoms with van der Waals surface area (Å²) in [6.45, 7) is 6.45. The first-order chi connectivity index (χ1) is 10.2. The van der Waals surface area contributed by atoms with E-state index in [1.807, 2.05) is 0 Å². The van der Waals surface area contributed by atoms with Crippen LogP contribution in [0.3, 0.4) is 0 Å². The second-order valence-electron chi connectivity index (χ2n) is 4.96. The van der Waals surface area contributed by atoms with E-state index in [1.165, 1.54) is 8.66 Å². The molecule has 21 heavy (non-hydrogen) atoms. The van der Waals surface area contributed by atoms with Crippen molar-refractivity contribution in [2.75, 3.05) is 45.9 Å². The van der Waals surface area contributed by atoms with Crippen LogP contribution in [0.5, 0.6) is 0 Å². The van der Waals surface area contributed by atoms with E-state index in [2.05, 4.69) is 43.3 Å². The number of hydrogen-bond donors (Lipinski definition) is 2. The van der Waals surface area contributed by atoms with Crippen LogP contribution < -0.4 is 11.1 Å². The summed E-state index contributed by atoms with van der Waals surface area (Å²) >= 11 is 5.22. The van der Waals surface area contributed by atoms with E-state index in [-0.39, 0.29) is 0 Å². The molecule has 0 saturated carbocycles. The van der Waals surface area contributed by atoms with Crippen LogP contribution in [0.1, 0.15) is 11.3 Å². The molecule has 7 heteroatoms. The number of nitrogens with one attached hydrogen (secondary N) is 1. The Morgan fingerprint density at radius 3 is 2.95 bits per heavy atom. The molecule has 0 radical (unpaired) electrons. The average Bonchev–Trinajstić information content (AvgIpc) is 2.90. The van der Waals surface area contributed by atoms with Gasteiger partial charge >= 0.3 is 0 Å². The van der Waals surface area contributed by atoms with Gasteiger partial charge in [0.15, 0.2) is 5.96 Å². The first-order valence-electron chi connectivity index (χ1n) is 7.32. The van der Waals surface area contributed by atoms with E-state index in [4.69, 9.17) is 10.5 Å². The van der Waals surface area contributed by atoms with E-state index in [0.29, 0.717) is 5.96 Å². The van der Waals surface area contributed by atoms with Gasteiger partial charge in [0.1, 0.15) is 0 Å². The predicted molar refractivity (Wildman–Crippen MR) is 92.1 cm³/mol. The lowest BCUT2D eigenvalue weighted by Gasteiger charge is -2.26. The maximum absolute atomic E-state index is 5.86. The molecule has 0 spiro atoms. The number of nitrogens with zero attached hydrogens (tertiary/aromatic N) is 2. The fourth-order valence-corrected chi connectivity index (χ4v) is 3.66. The van der Waals surface area contributed by atoms with E-state index < -0.39 is 0 Å². The highest BCUT2D eigenvalue weighted by atomic mass is 79.9. The van der Waals surface area contributed by atoms with E-state index >= 15 is 0 Å². The van der Waals surface area contributed by atoms with Crippen LogP contribution in [0.4, 0.5) is 0 Å². The second kappa shape index (κ2) is 9.40. The smallest absolute Gasteiger partial charge is 0.188 e. The van der Waals surface area contributed by atoms with Gasteiger partial charge < -0.3 is 15.8 Å². The molecule has 2 heterocycles. The fraction of sp³-hybridized carbons (Fsp3) is 0.643. The second-order valence-corrected chi connectivity index (χ2v) is 7.50. The maximum Gasteiger partial charge on any atom is 0.188 e. The van der Waals surface area contributed by atoms with Gasteiger partial charge in [-0.2, -0.15) is 0 Å². The van der Waals surface area contributed by atoms with E-state index in [0.717, 1.165) is 58.8 Å². The average molecular weight is 375 g/mol. The Labute approximate surface area is 138 Å². The lowest BCUT2D eigenvalue weighted by molar-refractivity contribution is 0.0377. The van der Waals surface area contributed by atoms with Gasteiger partial charge in [-0.25, -0.2) is 0 Å². The van der Waals surface area contributed by atoms with Gasteiger partial charge in [-0.1, -0.05) is 0 Å². The first kappa shape index (κ1) is 16.7. The molecule has 0 atom stereocenters. The summed E-state index contributed by atoms with van der Waals surface area (Å²) in [5, 5.41) is 3.16. The Bertz CT molecular complexity index is 446. The zero-order chi connectivity index (χ0) is 14.9. The summed E-state index contributed by atoms with van der Waals surface area (Å²) in [7, 11) is 0. The number of aliphatic imine (C=N–C) groups is 1. The summed E-state index contributed by atoms with van der Waals surface area (Å²) in [5.74, 6) is 0.549. The zero-order valence-electron chi connectivity index (χ0n) is 12.2. The fourth-order valence-electron chi connectivity index (χ4n) is 2.17. The summed E-state index contributed by atoms with van der Waals surface area (Å²) in [5.41, 5.74) is 5.86. The molecule has 118 valence electrons. The Kier molecular flexibility index (Phi) is 7.49. The van der Waals surface area contributed by atoms with Gasteiger partial charge in [-0.15, -0.1) is 11.3 Å². The Balaban J connectivity index is 1.54. The van der Waals surface area contributed by atoms with Crippen LogP contribution >= 0.6 is 27.3 Å². The normalized spacial score (nSPS) is 17.1. The highest BCUT2D eigenvalue weighted by Gasteiger charge is 2.08. The Morgan fingerprint density at radius 1 is 1.43 bits per heavy atom. The van der Waals surface area contributed by atoms with Crippen molar-refractivity contribution in [2.24, 2.45) is 10.7 Å². The number of ether oxygens (including phenoxy) is 1. The third-order valence-electron chi connectivity index (χ3n) is 3.32. The van der Waals surface area contributed by atoms with Crippen LogP contribution in [-0.2, 0) is 11.2 Å². The van der Waals surface area contributed by atoms with Crippen molar-refractivity contribution in [3.63, 3.8) is 0 Å². The third kappa shape index (κ3) is 6.78. The predicted octanol–water partition coefficient (Wildman–Crippen LogP) is 1.68. The molecule has 0 aliphatic carbocycles. The minimum Gasteiger partial charge on any atom is -0.379 e. The number of morpholine rings is 1. The van der Waals surface area contributed by atoms with Crippen molar-refractivity contribution in [1.29, 1.82) is 0 Å². The molecule has 1 aliphatic heterocycles. The number of thiophene rings is 1. The molecule has 1 aromatic heterocycles. The Morgan fingerprint density at radius 2 is 2.24 bits per heavy atom. The molecule has 1 aliphatic rings. The van der Waals surface area contributed by atoms with E-state index in [9.17, 15) is 0 Å². The lowest BCUT2D eigenvalue weighted by atomic mass is 10.3. The molecule has 5 nitrogen and oxygen atoms in total. The van der Waals surface area contributed by atoms with E-state index in [1.54, 1.807) is 11.3 Å². The molecule has 0 unspecified atom stereocenters. The Hall–Kier alpha value is -0.630. The lowest BCUT2D eigenvalue weighted by Crippen LogP contribution is -2.37. The quantitative estimate of drug-likeness (QED) is 0.433. The summed E-state index contributed by atoms with van der Waals surface area (Å²) in [6, 6.07) is 4.20. The molecule has 0 aromatic carbocycles. The van der Waals surface area contributed by atoms with Crippen molar-refractivity contribution in [3.05, 3.63) is 20.8 Å². The van der Waals surface area contributed by atoms with Crippen LogP contribution in [0.25, 0.3) is 0 Å². The van der Waals surface area contributed by atoms with Crippen molar-refractivity contribution >= 4 is 33.2 Å². The van der Waals surface area contributed by atoms with Crippen LogP contribution in [-0.4, -0.2) is 56.8 Å². The third-order valence-corrected chi connectivity index (χ3v) is 5.01. The topological polar surface area (TPSA) is 62.9 Å².